The third-order valence-electron chi connectivity index (χ3n) is 10.1. The number of hydrogen-bond acceptors (Lipinski definition) is 4. The second-order valence-corrected chi connectivity index (χ2v) is 13.6. The summed E-state index contributed by atoms with van der Waals surface area (Å²) < 4.78 is 6.43. The van der Waals surface area contributed by atoms with Crippen LogP contribution >= 0.6 is 0 Å². The molecule has 0 spiro atoms. The summed E-state index contributed by atoms with van der Waals surface area (Å²) >= 11 is 0. The Morgan fingerprint density at radius 2 is 0.782 bits per heavy atom. The fourth-order valence-electron chi connectivity index (χ4n) is 7.32. The maximum absolute atomic E-state index is 6.43. The van der Waals surface area contributed by atoms with Crippen LogP contribution in [-0.2, 0) is 0 Å². The van der Waals surface area contributed by atoms with Crippen molar-refractivity contribution >= 4 is 22.1 Å². The van der Waals surface area contributed by atoms with Gasteiger partial charge in [0.15, 0.2) is 11.4 Å². The number of rotatable bonds is 7. The smallest absolute Gasteiger partial charge is 0.180 e. The Hall–Kier alpha value is -7.43. The summed E-state index contributed by atoms with van der Waals surface area (Å²) in [4.78, 5) is 15.3. The van der Waals surface area contributed by atoms with Crippen molar-refractivity contribution in [2.24, 2.45) is 0 Å². The summed E-state index contributed by atoms with van der Waals surface area (Å²) in [7, 11) is 0. The van der Waals surface area contributed by atoms with Gasteiger partial charge in [0.1, 0.15) is 16.8 Å². The third kappa shape index (κ3) is 6.26. The fourth-order valence-corrected chi connectivity index (χ4v) is 7.32. The lowest BCUT2D eigenvalue weighted by Crippen LogP contribution is -1.94. The minimum atomic E-state index is 0.668. The van der Waals surface area contributed by atoms with Gasteiger partial charge in [0, 0.05) is 27.6 Å². The quantitative estimate of drug-likeness (QED) is 0.166. The molecule has 10 aromatic rings. The lowest BCUT2D eigenvalue weighted by molar-refractivity contribution is 0.667. The van der Waals surface area contributed by atoms with Crippen LogP contribution in [0.2, 0.25) is 0 Å². The van der Waals surface area contributed by atoms with Gasteiger partial charge in [-0.1, -0.05) is 158 Å². The Kier molecular flexibility index (Phi) is 8.12. The lowest BCUT2D eigenvalue weighted by Gasteiger charge is -2.12. The molecule has 0 radical (unpaired) electrons. The molecular weight excluding hydrogens is 671 g/mol. The van der Waals surface area contributed by atoms with Crippen molar-refractivity contribution in [3.63, 3.8) is 0 Å². The van der Waals surface area contributed by atoms with Crippen LogP contribution < -0.4 is 0 Å². The van der Waals surface area contributed by atoms with Gasteiger partial charge in [0.25, 0.3) is 0 Å². The standard InChI is InChI=1S/C51H33N3O/c1-4-15-34(16-5-1)43-32-45(35-17-6-2-7-18-35)52-46(33-43)41-25-13-23-39(30-41)37-21-12-22-38(29-37)40-24-14-26-42(31-40)48-50-49(44-27-10-11-28-47(44)55-50)54-51(53-48)36-19-8-3-9-20-36/h1-33H. The molecule has 0 saturated carbocycles. The maximum Gasteiger partial charge on any atom is 0.180 e. The molecule has 258 valence electrons. The highest BCUT2D eigenvalue weighted by Gasteiger charge is 2.19. The van der Waals surface area contributed by atoms with Gasteiger partial charge in [0.2, 0.25) is 0 Å². The molecule has 3 aromatic heterocycles. The van der Waals surface area contributed by atoms with Gasteiger partial charge in [-0.25, -0.2) is 15.0 Å². The van der Waals surface area contributed by atoms with Crippen LogP contribution in [0, 0.1) is 0 Å². The maximum atomic E-state index is 6.43. The zero-order chi connectivity index (χ0) is 36.6. The number of furan rings is 1. The van der Waals surface area contributed by atoms with Gasteiger partial charge in [-0.3, -0.25) is 0 Å². The molecule has 0 atom stereocenters. The van der Waals surface area contributed by atoms with Crippen LogP contribution in [0.5, 0.6) is 0 Å². The van der Waals surface area contributed by atoms with Gasteiger partial charge in [0.05, 0.1) is 11.4 Å². The van der Waals surface area contributed by atoms with E-state index in [1.807, 2.05) is 54.6 Å². The van der Waals surface area contributed by atoms with E-state index in [-0.39, 0.29) is 0 Å². The van der Waals surface area contributed by atoms with E-state index < -0.39 is 0 Å². The van der Waals surface area contributed by atoms with Gasteiger partial charge < -0.3 is 4.42 Å². The van der Waals surface area contributed by atoms with E-state index >= 15 is 0 Å². The second kappa shape index (κ2) is 13.8. The Bertz CT molecular complexity index is 2910. The number of para-hydroxylation sites is 1. The monoisotopic (exact) mass is 703 g/mol. The summed E-state index contributed by atoms with van der Waals surface area (Å²) in [5.74, 6) is 0.668. The average molecular weight is 704 g/mol. The van der Waals surface area contributed by atoms with Gasteiger partial charge in [-0.15, -0.1) is 0 Å². The molecule has 0 fully saturated rings. The molecule has 7 aromatic carbocycles. The van der Waals surface area contributed by atoms with Crippen molar-refractivity contribution in [1.29, 1.82) is 0 Å². The number of hydrogen-bond donors (Lipinski definition) is 0. The third-order valence-corrected chi connectivity index (χ3v) is 10.1. The van der Waals surface area contributed by atoms with E-state index in [9.17, 15) is 0 Å². The van der Waals surface area contributed by atoms with Crippen LogP contribution in [0.25, 0.3) is 101 Å². The predicted molar refractivity (Wildman–Crippen MR) is 225 cm³/mol. The Morgan fingerprint density at radius 1 is 0.309 bits per heavy atom. The molecule has 10 rings (SSSR count). The van der Waals surface area contributed by atoms with Crippen molar-refractivity contribution in [2.75, 3.05) is 0 Å². The summed E-state index contributed by atoms with van der Waals surface area (Å²) in [6.07, 6.45) is 0. The Balaban J connectivity index is 1.04. The van der Waals surface area contributed by atoms with Crippen molar-refractivity contribution in [1.82, 2.24) is 15.0 Å². The van der Waals surface area contributed by atoms with E-state index in [1.165, 1.54) is 0 Å². The first-order valence-electron chi connectivity index (χ1n) is 18.4. The highest BCUT2D eigenvalue weighted by Crippen LogP contribution is 2.38. The SMILES string of the molecule is c1ccc(-c2cc(-c3ccccc3)nc(-c3cccc(-c4cccc(-c5cccc(-c6nc(-c7ccccc7)nc7c6oc6ccccc67)c5)c4)c3)c2)cc1. The summed E-state index contributed by atoms with van der Waals surface area (Å²) in [5.41, 5.74) is 15.8. The molecule has 0 bridgehead atoms. The van der Waals surface area contributed by atoms with Crippen molar-refractivity contribution in [3.05, 3.63) is 200 Å². The molecule has 0 aliphatic rings. The molecule has 0 aliphatic carbocycles. The molecule has 0 aliphatic heterocycles. The summed E-state index contributed by atoms with van der Waals surface area (Å²) in [6, 6.07) is 69.4. The first-order chi connectivity index (χ1) is 27.2. The molecule has 3 heterocycles. The van der Waals surface area contributed by atoms with E-state index in [0.717, 1.165) is 89.2 Å². The number of pyridine rings is 1. The van der Waals surface area contributed by atoms with E-state index in [2.05, 4.69) is 146 Å². The first kappa shape index (κ1) is 32.2. The number of aromatic nitrogens is 3. The zero-order valence-corrected chi connectivity index (χ0v) is 29.8. The summed E-state index contributed by atoms with van der Waals surface area (Å²) in [5, 5.41) is 0.975. The van der Waals surface area contributed by atoms with Crippen molar-refractivity contribution in [2.45, 2.75) is 0 Å². The average Bonchev–Trinajstić information content (AvgIpc) is 3.66. The van der Waals surface area contributed by atoms with Crippen LogP contribution in [0.1, 0.15) is 0 Å². The molecule has 0 N–H and O–H groups in total. The van der Waals surface area contributed by atoms with Crippen LogP contribution in [0.4, 0.5) is 0 Å². The van der Waals surface area contributed by atoms with E-state index in [0.29, 0.717) is 11.4 Å². The van der Waals surface area contributed by atoms with Crippen LogP contribution in [-0.4, -0.2) is 15.0 Å². The van der Waals surface area contributed by atoms with Crippen LogP contribution in [0.3, 0.4) is 0 Å². The number of fused-ring (bicyclic) bond motifs is 3. The topological polar surface area (TPSA) is 51.8 Å². The largest absolute Gasteiger partial charge is 0.452 e. The predicted octanol–water partition coefficient (Wildman–Crippen LogP) is 13.4. The minimum Gasteiger partial charge on any atom is -0.452 e. The van der Waals surface area contributed by atoms with Gasteiger partial charge in [-0.05, 0) is 75.8 Å². The van der Waals surface area contributed by atoms with E-state index in [4.69, 9.17) is 19.4 Å². The van der Waals surface area contributed by atoms with Crippen molar-refractivity contribution < 1.29 is 4.42 Å². The van der Waals surface area contributed by atoms with Crippen molar-refractivity contribution in [3.8, 4) is 78.5 Å². The summed E-state index contributed by atoms with van der Waals surface area (Å²) in [6.45, 7) is 0. The number of nitrogens with zero attached hydrogens (tertiary/aromatic N) is 3. The Labute approximate surface area is 319 Å². The number of benzene rings is 7. The highest BCUT2D eigenvalue weighted by molar-refractivity contribution is 6.07. The molecular formula is C51H33N3O. The zero-order valence-electron chi connectivity index (χ0n) is 29.8. The van der Waals surface area contributed by atoms with Gasteiger partial charge >= 0.3 is 0 Å². The molecule has 4 nitrogen and oxygen atoms in total. The van der Waals surface area contributed by atoms with E-state index in [1.54, 1.807) is 0 Å². The lowest BCUT2D eigenvalue weighted by atomic mass is 9.95. The first-order valence-corrected chi connectivity index (χ1v) is 18.4. The molecule has 55 heavy (non-hydrogen) atoms. The fraction of sp³-hybridized carbons (Fsp3) is 0. The van der Waals surface area contributed by atoms with Gasteiger partial charge in [-0.2, -0.15) is 0 Å². The second-order valence-electron chi connectivity index (χ2n) is 13.6. The molecule has 0 amide bonds. The highest BCUT2D eigenvalue weighted by atomic mass is 16.3. The minimum absolute atomic E-state index is 0.668. The molecule has 0 unspecified atom stereocenters. The normalized spacial score (nSPS) is 11.3. The van der Waals surface area contributed by atoms with Crippen LogP contribution in [0.15, 0.2) is 205 Å². The Morgan fingerprint density at radius 3 is 1.44 bits per heavy atom. The molecule has 0 saturated heterocycles. The molecule has 4 heteroatoms.